The molecule has 0 saturated carbocycles. The van der Waals surface area contributed by atoms with Crippen molar-refractivity contribution in [3.8, 4) is 28.4 Å². The van der Waals surface area contributed by atoms with Crippen molar-refractivity contribution < 1.29 is 14.4 Å². The summed E-state index contributed by atoms with van der Waals surface area (Å²) in [7, 11) is 0. The lowest BCUT2D eigenvalue weighted by molar-refractivity contribution is 0.0994. The minimum absolute atomic E-state index is 0.206. The highest BCUT2D eigenvalue weighted by Gasteiger charge is 2.29. The van der Waals surface area contributed by atoms with Gasteiger partial charge in [0.25, 0.3) is 0 Å². The average Bonchev–Trinajstić information content (AvgIpc) is 3.58. The zero-order chi connectivity index (χ0) is 27.8. The fourth-order valence-electron chi connectivity index (χ4n) is 5.14. The molecule has 1 aromatic carbocycles. The van der Waals surface area contributed by atoms with E-state index in [-0.39, 0.29) is 12.6 Å². The Morgan fingerprint density at radius 3 is 2.64 bits per heavy atom. The molecule has 1 aliphatic rings. The van der Waals surface area contributed by atoms with Crippen LogP contribution in [0.2, 0.25) is 5.02 Å². The molecule has 10 heteroatoms. The maximum Gasteiger partial charge on any atom is 0.163 e. The molecule has 4 heterocycles. The smallest absolute Gasteiger partial charge is 0.163 e. The van der Waals surface area contributed by atoms with Gasteiger partial charge in [0.1, 0.15) is 23.9 Å². The molecule has 0 aliphatic carbocycles. The summed E-state index contributed by atoms with van der Waals surface area (Å²) in [6.45, 7) is 13.7. The Balaban J connectivity index is 1.60. The van der Waals surface area contributed by atoms with Crippen molar-refractivity contribution in [1.82, 2.24) is 24.9 Å². The summed E-state index contributed by atoms with van der Waals surface area (Å²) in [5, 5.41) is 19.4. The van der Waals surface area contributed by atoms with Gasteiger partial charge in [-0.05, 0) is 59.2 Å². The Hall–Kier alpha value is -3.43. The van der Waals surface area contributed by atoms with Gasteiger partial charge in [0.15, 0.2) is 5.82 Å². The van der Waals surface area contributed by atoms with Crippen LogP contribution in [0, 0.1) is 20.8 Å². The van der Waals surface area contributed by atoms with Crippen molar-refractivity contribution in [3.63, 3.8) is 0 Å². The molecule has 39 heavy (non-hydrogen) atoms. The first-order valence-corrected chi connectivity index (χ1v) is 13.8. The quantitative estimate of drug-likeness (QED) is 0.262. The first-order chi connectivity index (χ1) is 18.7. The van der Waals surface area contributed by atoms with Crippen LogP contribution in [-0.4, -0.2) is 42.7 Å². The van der Waals surface area contributed by atoms with Gasteiger partial charge in [-0.2, -0.15) is 5.10 Å². The standard InChI is InChI=1S/C29H35ClN6O3/c1-7-8-21(37)15-38-22-9-10-24(30)23(11-22)28-32-27(26-18(5)34-39-19(26)6)17(4)29(33-28)35-13-20-12-31-36(16(2)3)25(20)14-35/h9-12,16,21,37H,7-8,13-15H2,1-6H3/t21-/m1/s1. The zero-order valence-corrected chi connectivity index (χ0v) is 24.1. The summed E-state index contributed by atoms with van der Waals surface area (Å²) in [5.41, 5.74) is 6.36. The topological polar surface area (TPSA) is 102 Å². The lowest BCUT2D eigenvalue weighted by Gasteiger charge is -2.22. The maximum atomic E-state index is 10.1. The second kappa shape index (κ2) is 11.0. The molecule has 0 fully saturated rings. The van der Waals surface area contributed by atoms with Crippen molar-refractivity contribution in [2.75, 3.05) is 11.5 Å². The number of nitrogens with zero attached hydrogens (tertiary/aromatic N) is 6. The predicted molar refractivity (Wildman–Crippen MR) is 151 cm³/mol. The molecule has 0 bridgehead atoms. The molecule has 1 N–H and O–H groups in total. The molecule has 1 atom stereocenters. The Morgan fingerprint density at radius 1 is 1.15 bits per heavy atom. The van der Waals surface area contributed by atoms with Crippen LogP contribution in [0.5, 0.6) is 5.75 Å². The summed E-state index contributed by atoms with van der Waals surface area (Å²) in [6, 6.07) is 5.68. The summed E-state index contributed by atoms with van der Waals surface area (Å²) in [4.78, 5) is 12.3. The summed E-state index contributed by atoms with van der Waals surface area (Å²) in [5.74, 6) is 2.60. The SMILES string of the molecule is CCC[C@@H](O)COc1ccc(Cl)c(-c2nc(-c3c(C)noc3C)c(C)c(N3Cc4cnn(C(C)C)c4C3)n2)c1. The Kier molecular flexibility index (Phi) is 7.64. The van der Waals surface area contributed by atoms with E-state index < -0.39 is 6.10 Å². The maximum absolute atomic E-state index is 10.1. The van der Waals surface area contributed by atoms with Crippen LogP contribution >= 0.6 is 11.6 Å². The predicted octanol–water partition coefficient (Wildman–Crippen LogP) is 6.21. The van der Waals surface area contributed by atoms with E-state index in [2.05, 4.69) is 33.7 Å². The highest BCUT2D eigenvalue weighted by molar-refractivity contribution is 6.33. The largest absolute Gasteiger partial charge is 0.491 e. The third kappa shape index (κ3) is 5.25. The van der Waals surface area contributed by atoms with Crippen LogP contribution in [0.1, 0.15) is 67.9 Å². The molecule has 0 radical (unpaired) electrons. The van der Waals surface area contributed by atoms with Crippen molar-refractivity contribution in [3.05, 3.63) is 57.7 Å². The van der Waals surface area contributed by atoms with E-state index in [0.29, 0.717) is 47.4 Å². The number of aliphatic hydroxyl groups excluding tert-OH is 1. The average molecular weight is 551 g/mol. The lowest BCUT2D eigenvalue weighted by atomic mass is 10.0. The van der Waals surface area contributed by atoms with Gasteiger partial charge in [-0.3, -0.25) is 4.68 Å². The Morgan fingerprint density at radius 2 is 1.95 bits per heavy atom. The minimum Gasteiger partial charge on any atom is -0.491 e. The first-order valence-electron chi connectivity index (χ1n) is 13.4. The third-order valence-electron chi connectivity index (χ3n) is 7.11. The number of fused-ring (bicyclic) bond motifs is 1. The number of ether oxygens (including phenoxy) is 1. The van der Waals surface area contributed by atoms with Crippen LogP contribution in [0.3, 0.4) is 0 Å². The number of hydrogen-bond acceptors (Lipinski definition) is 8. The van der Waals surface area contributed by atoms with Gasteiger partial charge in [-0.15, -0.1) is 0 Å². The number of halogens is 1. The molecule has 206 valence electrons. The molecule has 3 aromatic heterocycles. The van der Waals surface area contributed by atoms with E-state index in [9.17, 15) is 5.11 Å². The van der Waals surface area contributed by atoms with Gasteiger partial charge in [0.2, 0.25) is 0 Å². The molecule has 0 saturated heterocycles. The molecular weight excluding hydrogens is 516 g/mol. The summed E-state index contributed by atoms with van der Waals surface area (Å²) < 4.78 is 13.5. The van der Waals surface area contributed by atoms with E-state index in [1.54, 1.807) is 12.1 Å². The number of aromatic nitrogens is 5. The van der Waals surface area contributed by atoms with Gasteiger partial charge < -0.3 is 19.3 Å². The summed E-state index contributed by atoms with van der Waals surface area (Å²) >= 11 is 6.70. The van der Waals surface area contributed by atoms with Crippen LogP contribution in [0.25, 0.3) is 22.6 Å². The number of aliphatic hydroxyl groups is 1. The minimum atomic E-state index is -0.527. The number of hydrogen-bond donors (Lipinski definition) is 1. The number of rotatable bonds is 9. The number of anilines is 1. The van der Waals surface area contributed by atoms with Gasteiger partial charge in [-0.25, -0.2) is 9.97 Å². The molecule has 0 unspecified atom stereocenters. The van der Waals surface area contributed by atoms with E-state index in [4.69, 9.17) is 30.8 Å². The van der Waals surface area contributed by atoms with E-state index in [0.717, 1.165) is 34.8 Å². The molecule has 1 aliphatic heterocycles. The first kappa shape index (κ1) is 27.1. The Bertz CT molecular complexity index is 1480. The van der Waals surface area contributed by atoms with Gasteiger partial charge in [0.05, 0.1) is 46.5 Å². The molecule has 0 spiro atoms. The van der Waals surface area contributed by atoms with Gasteiger partial charge in [-0.1, -0.05) is 30.1 Å². The fourth-order valence-corrected chi connectivity index (χ4v) is 5.34. The summed E-state index contributed by atoms with van der Waals surface area (Å²) in [6.07, 6.45) is 2.99. The molecule has 5 rings (SSSR count). The fraction of sp³-hybridized carbons (Fsp3) is 0.448. The van der Waals surface area contributed by atoms with Crippen LogP contribution in [0.4, 0.5) is 5.82 Å². The normalized spacial score (nSPS) is 13.8. The second-order valence-electron chi connectivity index (χ2n) is 10.4. The van der Waals surface area contributed by atoms with Crippen LogP contribution in [0.15, 0.2) is 28.9 Å². The van der Waals surface area contributed by atoms with Crippen LogP contribution in [-0.2, 0) is 13.1 Å². The van der Waals surface area contributed by atoms with E-state index >= 15 is 0 Å². The molecule has 0 amide bonds. The van der Waals surface area contributed by atoms with Crippen molar-refractivity contribution in [1.29, 1.82) is 0 Å². The molecule has 9 nitrogen and oxygen atoms in total. The number of aryl methyl sites for hydroxylation is 2. The Labute approximate surface area is 233 Å². The highest BCUT2D eigenvalue weighted by Crippen LogP contribution is 2.39. The van der Waals surface area contributed by atoms with E-state index in [1.165, 1.54) is 11.3 Å². The highest BCUT2D eigenvalue weighted by atomic mass is 35.5. The number of benzene rings is 1. The van der Waals surface area contributed by atoms with Gasteiger partial charge >= 0.3 is 0 Å². The second-order valence-corrected chi connectivity index (χ2v) is 10.9. The van der Waals surface area contributed by atoms with E-state index in [1.807, 2.05) is 40.0 Å². The van der Waals surface area contributed by atoms with Crippen LogP contribution < -0.4 is 9.64 Å². The zero-order valence-electron chi connectivity index (χ0n) is 23.3. The van der Waals surface area contributed by atoms with Gasteiger partial charge in [0, 0.05) is 29.3 Å². The molecule has 4 aromatic rings. The third-order valence-corrected chi connectivity index (χ3v) is 7.44. The van der Waals surface area contributed by atoms with Crippen molar-refractivity contribution >= 4 is 17.4 Å². The van der Waals surface area contributed by atoms with Crippen molar-refractivity contribution in [2.45, 2.75) is 79.6 Å². The van der Waals surface area contributed by atoms with Crippen molar-refractivity contribution in [2.24, 2.45) is 0 Å². The molecular formula is C29H35ClN6O3. The monoisotopic (exact) mass is 550 g/mol. The lowest BCUT2D eigenvalue weighted by Crippen LogP contribution is -2.21.